The third-order valence-electron chi connectivity index (χ3n) is 2.16. The van der Waals surface area contributed by atoms with Crippen LogP contribution in [0.5, 0.6) is 0 Å². The van der Waals surface area contributed by atoms with Crippen molar-refractivity contribution in [3.63, 3.8) is 0 Å². The molecule has 2 rings (SSSR count). The minimum absolute atomic E-state index is 0.283. The van der Waals surface area contributed by atoms with Crippen molar-refractivity contribution in [2.75, 3.05) is 0 Å². The summed E-state index contributed by atoms with van der Waals surface area (Å²) in [5, 5.41) is 3.70. The van der Waals surface area contributed by atoms with Gasteiger partial charge in [0.15, 0.2) is 6.29 Å². The summed E-state index contributed by atoms with van der Waals surface area (Å²) >= 11 is 0. The Kier molecular flexibility index (Phi) is 2.33. The predicted molar refractivity (Wildman–Crippen MR) is 52.0 cm³/mol. The number of hydrogen-bond acceptors (Lipinski definition) is 3. The molecule has 0 aliphatic carbocycles. The Balaban J connectivity index is 2.54. The van der Waals surface area contributed by atoms with Crippen molar-refractivity contribution in [2.45, 2.75) is 6.92 Å². The molecule has 0 N–H and O–H groups in total. The third kappa shape index (κ3) is 1.66. The number of aldehydes is 1. The van der Waals surface area contributed by atoms with Crippen molar-refractivity contribution >= 4 is 6.29 Å². The number of benzene rings is 1. The van der Waals surface area contributed by atoms with E-state index in [2.05, 4.69) is 9.68 Å². The van der Waals surface area contributed by atoms with Crippen LogP contribution in [0.2, 0.25) is 0 Å². The summed E-state index contributed by atoms with van der Waals surface area (Å²) in [6, 6.07) is 4.53. The minimum atomic E-state index is -0.283. The molecule has 0 unspecified atom stereocenters. The number of nitrogens with zero attached hydrogens (tertiary/aromatic N) is 1. The quantitative estimate of drug-likeness (QED) is 0.708. The molecule has 0 bridgehead atoms. The summed E-state index contributed by atoms with van der Waals surface area (Å²) in [5.74, 6) is -0.283. The van der Waals surface area contributed by atoms with Gasteiger partial charge in [0.05, 0.1) is 5.56 Å². The monoisotopic (exact) mass is 205 g/mol. The number of aryl methyl sites for hydroxylation is 1. The molecule has 4 heteroatoms. The van der Waals surface area contributed by atoms with Gasteiger partial charge in [-0.3, -0.25) is 4.79 Å². The summed E-state index contributed by atoms with van der Waals surface area (Å²) in [4.78, 5) is 10.6. The Labute approximate surface area is 85.5 Å². The molecular weight excluding hydrogens is 197 g/mol. The first-order valence-electron chi connectivity index (χ1n) is 4.38. The van der Waals surface area contributed by atoms with Gasteiger partial charge in [0, 0.05) is 5.56 Å². The number of carbonyl (C=O) groups excluding carboxylic acids is 1. The average Bonchev–Trinajstić information content (AvgIpc) is 2.70. The molecule has 0 saturated heterocycles. The highest BCUT2D eigenvalue weighted by Gasteiger charge is 2.10. The number of halogens is 1. The molecule has 0 aliphatic heterocycles. The molecule has 1 aromatic heterocycles. The number of aromatic nitrogens is 1. The zero-order chi connectivity index (χ0) is 10.8. The van der Waals surface area contributed by atoms with E-state index < -0.39 is 0 Å². The fourth-order valence-electron chi connectivity index (χ4n) is 1.34. The first kappa shape index (κ1) is 9.58. The topological polar surface area (TPSA) is 43.1 Å². The van der Waals surface area contributed by atoms with Crippen molar-refractivity contribution in [3.05, 3.63) is 41.4 Å². The summed E-state index contributed by atoms with van der Waals surface area (Å²) in [7, 11) is 0. The summed E-state index contributed by atoms with van der Waals surface area (Å²) in [5.41, 5.74) is 1.98. The Morgan fingerprint density at radius 2 is 2.27 bits per heavy atom. The molecule has 0 atom stereocenters. The van der Waals surface area contributed by atoms with Crippen LogP contribution < -0.4 is 0 Å². The molecule has 0 aliphatic rings. The van der Waals surface area contributed by atoms with Crippen molar-refractivity contribution < 1.29 is 13.7 Å². The van der Waals surface area contributed by atoms with Crippen LogP contribution >= 0.6 is 0 Å². The van der Waals surface area contributed by atoms with Gasteiger partial charge in [-0.05, 0) is 30.7 Å². The van der Waals surface area contributed by atoms with Gasteiger partial charge in [-0.2, -0.15) is 0 Å². The van der Waals surface area contributed by atoms with Gasteiger partial charge in [0.1, 0.15) is 17.8 Å². The SMILES string of the molecule is Cc1cc(-c2nocc2C=O)ccc1F. The largest absolute Gasteiger partial charge is 0.363 e. The van der Waals surface area contributed by atoms with E-state index in [-0.39, 0.29) is 5.82 Å². The lowest BCUT2D eigenvalue weighted by Gasteiger charge is -1.99. The normalized spacial score (nSPS) is 10.3. The van der Waals surface area contributed by atoms with Crippen molar-refractivity contribution in [3.8, 4) is 11.3 Å². The van der Waals surface area contributed by atoms with Gasteiger partial charge in [-0.1, -0.05) is 5.16 Å². The molecular formula is C11H8FNO2. The van der Waals surface area contributed by atoms with Crippen LogP contribution in [0.3, 0.4) is 0 Å². The Hall–Kier alpha value is -1.97. The molecule has 15 heavy (non-hydrogen) atoms. The summed E-state index contributed by atoms with van der Waals surface area (Å²) in [6.07, 6.45) is 1.92. The maximum absolute atomic E-state index is 13.0. The van der Waals surface area contributed by atoms with E-state index in [1.807, 2.05) is 0 Å². The highest BCUT2D eigenvalue weighted by Crippen LogP contribution is 2.22. The third-order valence-corrected chi connectivity index (χ3v) is 2.16. The fraction of sp³-hybridized carbons (Fsp3) is 0.0909. The lowest BCUT2D eigenvalue weighted by atomic mass is 10.1. The van der Waals surface area contributed by atoms with Crippen LogP contribution in [0.15, 0.2) is 29.0 Å². The highest BCUT2D eigenvalue weighted by molar-refractivity contribution is 5.84. The molecule has 0 spiro atoms. The number of hydrogen-bond donors (Lipinski definition) is 0. The van der Waals surface area contributed by atoms with Crippen molar-refractivity contribution in [1.29, 1.82) is 0 Å². The smallest absolute Gasteiger partial charge is 0.155 e. The van der Waals surface area contributed by atoms with E-state index in [9.17, 15) is 9.18 Å². The van der Waals surface area contributed by atoms with Gasteiger partial charge in [0.25, 0.3) is 0 Å². The van der Waals surface area contributed by atoms with Crippen LogP contribution in [0.4, 0.5) is 4.39 Å². The van der Waals surface area contributed by atoms with Crippen LogP contribution in [0.1, 0.15) is 15.9 Å². The molecule has 3 nitrogen and oxygen atoms in total. The average molecular weight is 205 g/mol. The Morgan fingerprint density at radius 1 is 1.47 bits per heavy atom. The zero-order valence-corrected chi connectivity index (χ0v) is 8.03. The second-order valence-corrected chi connectivity index (χ2v) is 3.20. The predicted octanol–water partition coefficient (Wildman–Crippen LogP) is 2.60. The molecule has 0 radical (unpaired) electrons. The maximum atomic E-state index is 13.0. The van der Waals surface area contributed by atoms with Crippen molar-refractivity contribution in [1.82, 2.24) is 5.16 Å². The van der Waals surface area contributed by atoms with Gasteiger partial charge in [-0.15, -0.1) is 0 Å². The van der Waals surface area contributed by atoms with E-state index in [0.29, 0.717) is 28.7 Å². The van der Waals surface area contributed by atoms with Gasteiger partial charge in [-0.25, -0.2) is 4.39 Å². The van der Waals surface area contributed by atoms with Crippen LogP contribution in [-0.4, -0.2) is 11.4 Å². The van der Waals surface area contributed by atoms with Crippen LogP contribution in [0.25, 0.3) is 11.3 Å². The lowest BCUT2D eigenvalue weighted by molar-refractivity contribution is 0.112. The highest BCUT2D eigenvalue weighted by atomic mass is 19.1. The summed E-state index contributed by atoms with van der Waals surface area (Å²) < 4.78 is 17.7. The maximum Gasteiger partial charge on any atom is 0.155 e. The van der Waals surface area contributed by atoms with Crippen LogP contribution in [-0.2, 0) is 0 Å². The van der Waals surface area contributed by atoms with E-state index in [1.54, 1.807) is 19.1 Å². The van der Waals surface area contributed by atoms with Gasteiger partial charge >= 0.3 is 0 Å². The lowest BCUT2D eigenvalue weighted by Crippen LogP contribution is -1.87. The van der Waals surface area contributed by atoms with Gasteiger partial charge in [0.2, 0.25) is 0 Å². The molecule has 0 amide bonds. The molecule has 2 aromatic rings. The molecule has 0 saturated carbocycles. The Bertz CT molecular complexity index is 505. The zero-order valence-electron chi connectivity index (χ0n) is 8.03. The molecule has 1 aromatic carbocycles. The second-order valence-electron chi connectivity index (χ2n) is 3.20. The number of rotatable bonds is 2. The van der Waals surface area contributed by atoms with Gasteiger partial charge < -0.3 is 4.52 Å². The minimum Gasteiger partial charge on any atom is -0.363 e. The molecule has 1 heterocycles. The number of carbonyl (C=O) groups is 1. The summed E-state index contributed by atoms with van der Waals surface area (Å²) in [6.45, 7) is 1.65. The Morgan fingerprint density at radius 3 is 2.93 bits per heavy atom. The second kappa shape index (κ2) is 3.65. The standard InChI is InChI=1S/C11H8FNO2/c1-7-4-8(2-3-10(7)12)11-9(5-14)6-15-13-11/h2-6H,1H3. The van der Waals surface area contributed by atoms with E-state index in [4.69, 9.17) is 0 Å². The molecule has 0 fully saturated rings. The van der Waals surface area contributed by atoms with Crippen LogP contribution in [0, 0.1) is 12.7 Å². The first-order valence-corrected chi connectivity index (χ1v) is 4.38. The molecule has 76 valence electrons. The fourth-order valence-corrected chi connectivity index (χ4v) is 1.34. The first-order chi connectivity index (χ1) is 7.22. The van der Waals surface area contributed by atoms with E-state index in [1.165, 1.54) is 12.3 Å². The van der Waals surface area contributed by atoms with Crippen molar-refractivity contribution in [2.24, 2.45) is 0 Å². The van der Waals surface area contributed by atoms with E-state index in [0.717, 1.165) is 0 Å². The van der Waals surface area contributed by atoms with E-state index >= 15 is 0 Å².